The molecule has 1 atom stereocenters. The molecule has 1 unspecified atom stereocenters. The third-order valence-corrected chi connectivity index (χ3v) is 3.69. The molecule has 18 heavy (non-hydrogen) atoms. The van der Waals surface area contributed by atoms with Gasteiger partial charge in [0.25, 0.3) is 0 Å². The van der Waals surface area contributed by atoms with Gasteiger partial charge in [-0.15, -0.1) is 11.3 Å². The molecule has 0 bridgehead atoms. The number of aromatic nitrogens is 1. The highest BCUT2D eigenvalue weighted by Crippen LogP contribution is 2.34. The highest BCUT2D eigenvalue weighted by atomic mass is 32.1. The summed E-state index contributed by atoms with van der Waals surface area (Å²) < 4.78 is 5.39. The van der Waals surface area contributed by atoms with Gasteiger partial charge in [0.15, 0.2) is 0 Å². The van der Waals surface area contributed by atoms with Crippen LogP contribution in [0, 0.1) is 6.92 Å². The number of hydrogen-bond donors (Lipinski definition) is 1. The summed E-state index contributed by atoms with van der Waals surface area (Å²) >= 11 is 1.71. The summed E-state index contributed by atoms with van der Waals surface area (Å²) in [5.74, 6) is 0.859. The number of ether oxygens (including phenoxy) is 1. The van der Waals surface area contributed by atoms with E-state index in [2.05, 4.69) is 11.9 Å². The van der Waals surface area contributed by atoms with E-state index in [9.17, 15) is 0 Å². The number of rotatable bonds is 4. The molecular weight excluding hydrogens is 244 g/mol. The van der Waals surface area contributed by atoms with Crippen LogP contribution in [0.5, 0.6) is 5.75 Å². The number of nitrogens with zero attached hydrogens (tertiary/aromatic N) is 1. The van der Waals surface area contributed by atoms with Crippen LogP contribution in [0.2, 0.25) is 0 Å². The molecular formula is C14H18N2OS. The van der Waals surface area contributed by atoms with Gasteiger partial charge in [0.2, 0.25) is 0 Å². The molecule has 4 heteroatoms. The summed E-state index contributed by atoms with van der Waals surface area (Å²) in [6.45, 7) is 4.09. The van der Waals surface area contributed by atoms with Gasteiger partial charge in [0, 0.05) is 22.9 Å². The Morgan fingerprint density at radius 1 is 1.39 bits per heavy atom. The molecule has 0 saturated heterocycles. The first kappa shape index (κ1) is 13.1. The smallest absolute Gasteiger partial charge is 0.128 e. The standard InChI is InChI=1S/C14H18N2OS/c1-9(15)8-13-16-14(10(2)18-13)11-6-4-5-7-12(11)17-3/h4-7,9H,8,15H2,1-3H3. The lowest BCUT2D eigenvalue weighted by molar-refractivity contribution is 0.416. The fourth-order valence-corrected chi connectivity index (χ4v) is 2.99. The van der Waals surface area contributed by atoms with Crippen LogP contribution >= 0.6 is 11.3 Å². The monoisotopic (exact) mass is 262 g/mol. The van der Waals surface area contributed by atoms with E-state index >= 15 is 0 Å². The van der Waals surface area contributed by atoms with E-state index in [-0.39, 0.29) is 6.04 Å². The Labute approximate surface area is 112 Å². The second kappa shape index (κ2) is 5.50. The second-order valence-corrected chi connectivity index (χ2v) is 5.68. The number of benzene rings is 1. The van der Waals surface area contributed by atoms with Crippen LogP contribution in [0.4, 0.5) is 0 Å². The number of para-hydroxylation sites is 1. The molecule has 0 radical (unpaired) electrons. The lowest BCUT2D eigenvalue weighted by Gasteiger charge is -2.06. The van der Waals surface area contributed by atoms with E-state index in [1.54, 1.807) is 18.4 Å². The van der Waals surface area contributed by atoms with Gasteiger partial charge in [0.1, 0.15) is 5.75 Å². The number of aryl methyl sites for hydroxylation is 1. The summed E-state index contributed by atoms with van der Waals surface area (Å²) in [5.41, 5.74) is 7.87. The molecule has 0 aliphatic carbocycles. The van der Waals surface area contributed by atoms with Crippen LogP contribution in [-0.4, -0.2) is 18.1 Å². The molecule has 3 nitrogen and oxygen atoms in total. The van der Waals surface area contributed by atoms with E-state index in [1.807, 2.05) is 31.2 Å². The van der Waals surface area contributed by atoms with Gasteiger partial charge in [-0.05, 0) is 26.0 Å². The highest BCUT2D eigenvalue weighted by molar-refractivity contribution is 7.12. The lowest BCUT2D eigenvalue weighted by atomic mass is 10.1. The predicted octanol–water partition coefficient (Wildman–Crippen LogP) is 3.02. The van der Waals surface area contributed by atoms with Crippen LogP contribution in [0.25, 0.3) is 11.3 Å². The van der Waals surface area contributed by atoms with Crippen molar-refractivity contribution in [1.82, 2.24) is 4.98 Å². The number of methoxy groups -OCH3 is 1. The van der Waals surface area contributed by atoms with Gasteiger partial charge in [-0.3, -0.25) is 0 Å². The lowest BCUT2D eigenvalue weighted by Crippen LogP contribution is -2.17. The van der Waals surface area contributed by atoms with E-state index in [4.69, 9.17) is 10.5 Å². The van der Waals surface area contributed by atoms with Crippen LogP contribution in [-0.2, 0) is 6.42 Å². The fraction of sp³-hybridized carbons (Fsp3) is 0.357. The van der Waals surface area contributed by atoms with Gasteiger partial charge >= 0.3 is 0 Å². The molecule has 0 spiro atoms. The minimum atomic E-state index is 0.140. The van der Waals surface area contributed by atoms with Crippen molar-refractivity contribution in [3.8, 4) is 17.0 Å². The highest BCUT2D eigenvalue weighted by Gasteiger charge is 2.14. The Bertz CT molecular complexity index is 534. The zero-order valence-corrected chi connectivity index (χ0v) is 11.8. The van der Waals surface area contributed by atoms with E-state index < -0.39 is 0 Å². The second-order valence-electron chi connectivity index (χ2n) is 4.39. The molecule has 2 rings (SSSR count). The zero-order valence-electron chi connectivity index (χ0n) is 10.9. The van der Waals surface area contributed by atoms with Crippen molar-refractivity contribution in [1.29, 1.82) is 0 Å². The average molecular weight is 262 g/mol. The molecule has 2 aromatic rings. The van der Waals surface area contributed by atoms with Crippen molar-refractivity contribution in [3.05, 3.63) is 34.2 Å². The van der Waals surface area contributed by atoms with Crippen LogP contribution in [0.15, 0.2) is 24.3 Å². The van der Waals surface area contributed by atoms with Crippen molar-refractivity contribution in [2.75, 3.05) is 7.11 Å². The largest absolute Gasteiger partial charge is 0.496 e. The molecule has 1 aromatic heterocycles. The van der Waals surface area contributed by atoms with Crippen molar-refractivity contribution >= 4 is 11.3 Å². The maximum atomic E-state index is 5.82. The average Bonchev–Trinajstić information content (AvgIpc) is 2.69. The first-order valence-corrected chi connectivity index (χ1v) is 6.78. The van der Waals surface area contributed by atoms with Gasteiger partial charge in [-0.2, -0.15) is 0 Å². The number of hydrogen-bond acceptors (Lipinski definition) is 4. The Morgan fingerprint density at radius 3 is 2.78 bits per heavy atom. The number of thiazole rings is 1. The molecule has 0 aliphatic heterocycles. The minimum absolute atomic E-state index is 0.140. The molecule has 0 amide bonds. The molecule has 2 N–H and O–H groups in total. The predicted molar refractivity (Wildman–Crippen MR) is 76.2 cm³/mol. The summed E-state index contributed by atoms with van der Waals surface area (Å²) in [5, 5.41) is 1.09. The third kappa shape index (κ3) is 2.71. The molecule has 96 valence electrons. The van der Waals surface area contributed by atoms with Crippen molar-refractivity contribution in [2.24, 2.45) is 5.73 Å². The van der Waals surface area contributed by atoms with E-state index in [0.29, 0.717) is 0 Å². The van der Waals surface area contributed by atoms with Crippen molar-refractivity contribution in [2.45, 2.75) is 26.3 Å². The van der Waals surface area contributed by atoms with Crippen LogP contribution in [0.1, 0.15) is 16.8 Å². The zero-order chi connectivity index (χ0) is 13.1. The molecule has 1 aromatic carbocycles. The normalized spacial score (nSPS) is 12.4. The van der Waals surface area contributed by atoms with E-state index in [1.165, 1.54) is 4.88 Å². The number of nitrogens with two attached hydrogens (primary N) is 1. The summed E-state index contributed by atoms with van der Waals surface area (Å²) in [7, 11) is 1.68. The maximum absolute atomic E-state index is 5.82. The molecule has 0 saturated carbocycles. The van der Waals surface area contributed by atoms with E-state index in [0.717, 1.165) is 28.4 Å². The van der Waals surface area contributed by atoms with Crippen molar-refractivity contribution in [3.63, 3.8) is 0 Å². The van der Waals surface area contributed by atoms with Gasteiger partial charge in [-0.1, -0.05) is 12.1 Å². The van der Waals surface area contributed by atoms with Gasteiger partial charge < -0.3 is 10.5 Å². The Balaban J connectivity index is 2.41. The Kier molecular flexibility index (Phi) is 3.99. The van der Waals surface area contributed by atoms with Crippen LogP contribution < -0.4 is 10.5 Å². The van der Waals surface area contributed by atoms with Gasteiger partial charge in [-0.25, -0.2) is 4.98 Å². The molecule has 1 heterocycles. The fourth-order valence-electron chi connectivity index (χ4n) is 1.90. The Hall–Kier alpha value is -1.39. The van der Waals surface area contributed by atoms with Crippen LogP contribution in [0.3, 0.4) is 0 Å². The molecule has 0 aliphatic rings. The topological polar surface area (TPSA) is 48.1 Å². The quantitative estimate of drug-likeness (QED) is 0.921. The SMILES string of the molecule is COc1ccccc1-c1nc(CC(C)N)sc1C. The molecule has 0 fully saturated rings. The Morgan fingerprint density at radius 2 is 2.11 bits per heavy atom. The first-order chi connectivity index (χ1) is 8.61. The first-order valence-electron chi connectivity index (χ1n) is 5.97. The van der Waals surface area contributed by atoms with Crippen molar-refractivity contribution < 1.29 is 4.74 Å². The van der Waals surface area contributed by atoms with Gasteiger partial charge in [0.05, 0.1) is 17.8 Å². The summed E-state index contributed by atoms with van der Waals surface area (Å²) in [6.07, 6.45) is 0.820. The third-order valence-electron chi connectivity index (χ3n) is 2.70. The summed E-state index contributed by atoms with van der Waals surface area (Å²) in [4.78, 5) is 5.89. The maximum Gasteiger partial charge on any atom is 0.128 e. The summed E-state index contributed by atoms with van der Waals surface area (Å²) in [6, 6.07) is 8.10. The minimum Gasteiger partial charge on any atom is -0.496 e.